The highest BCUT2D eigenvalue weighted by atomic mass is 32.2. The molecule has 0 radical (unpaired) electrons. The van der Waals surface area contributed by atoms with Crippen LogP contribution < -0.4 is 10.9 Å². The number of pyridine rings is 1. The summed E-state index contributed by atoms with van der Waals surface area (Å²) in [5, 5.41) is 4.69. The van der Waals surface area contributed by atoms with Gasteiger partial charge in [-0.1, -0.05) is 13.0 Å². The van der Waals surface area contributed by atoms with Gasteiger partial charge < -0.3 is 10.3 Å². The quantitative estimate of drug-likeness (QED) is 0.817. The number of aromatic nitrogens is 3. The molecule has 1 unspecified atom stereocenters. The zero-order valence-electron chi connectivity index (χ0n) is 10.9. The van der Waals surface area contributed by atoms with Crippen LogP contribution in [0.5, 0.6) is 0 Å². The van der Waals surface area contributed by atoms with E-state index < -0.39 is 0 Å². The van der Waals surface area contributed by atoms with E-state index in [1.165, 1.54) is 24.0 Å². The monoisotopic (exact) mass is 276 g/mol. The Bertz CT molecular complexity index is 582. The number of nitrogens with one attached hydrogen (secondary N) is 2. The van der Waals surface area contributed by atoms with Gasteiger partial charge in [0.25, 0.3) is 5.56 Å². The van der Waals surface area contributed by atoms with Gasteiger partial charge in [-0.25, -0.2) is 9.97 Å². The maximum atomic E-state index is 11.2. The predicted octanol–water partition coefficient (Wildman–Crippen LogP) is 1.99. The zero-order valence-corrected chi connectivity index (χ0v) is 11.7. The van der Waals surface area contributed by atoms with Crippen molar-refractivity contribution in [3.8, 4) is 0 Å². The van der Waals surface area contributed by atoms with E-state index in [2.05, 4.69) is 34.1 Å². The second kappa shape index (κ2) is 6.49. The third kappa shape index (κ3) is 3.90. The third-order valence-corrected chi connectivity index (χ3v) is 3.47. The van der Waals surface area contributed by atoms with Crippen LogP contribution in [0, 0.1) is 0 Å². The molecule has 0 saturated carbocycles. The number of aromatic amines is 1. The normalized spacial score (nSPS) is 12.3. The SMILES string of the molecule is CCNC(C)c1ccc(Sc2nccc(=O)[nH]2)nc1. The van der Waals surface area contributed by atoms with Crippen molar-refractivity contribution in [2.45, 2.75) is 30.1 Å². The fourth-order valence-electron chi connectivity index (χ4n) is 1.64. The van der Waals surface area contributed by atoms with E-state index in [-0.39, 0.29) is 11.6 Å². The predicted molar refractivity (Wildman–Crippen MR) is 75.3 cm³/mol. The molecule has 2 heterocycles. The van der Waals surface area contributed by atoms with Crippen LogP contribution >= 0.6 is 11.8 Å². The maximum Gasteiger partial charge on any atom is 0.251 e. The van der Waals surface area contributed by atoms with Gasteiger partial charge in [-0.05, 0) is 36.9 Å². The largest absolute Gasteiger partial charge is 0.310 e. The number of H-pyrrole nitrogens is 1. The lowest BCUT2D eigenvalue weighted by atomic mass is 10.1. The van der Waals surface area contributed by atoms with Gasteiger partial charge in [0.2, 0.25) is 0 Å². The van der Waals surface area contributed by atoms with Crippen LogP contribution in [0.4, 0.5) is 0 Å². The molecule has 0 saturated heterocycles. The molecule has 2 aromatic heterocycles. The summed E-state index contributed by atoms with van der Waals surface area (Å²) in [5.41, 5.74) is 0.982. The van der Waals surface area contributed by atoms with Gasteiger partial charge in [-0.15, -0.1) is 0 Å². The Hall–Kier alpha value is -1.66. The van der Waals surface area contributed by atoms with Crippen LogP contribution in [0.3, 0.4) is 0 Å². The van der Waals surface area contributed by atoms with E-state index in [0.717, 1.165) is 17.1 Å². The van der Waals surface area contributed by atoms with Crippen LogP contribution in [0.1, 0.15) is 25.5 Å². The average molecular weight is 276 g/mol. The Morgan fingerprint density at radius 1 is 1.37 bits per heavy atom. The minimum atomic E-state index is -0.158. The average Bonchev–Trinajstić information content (AvgIpc) is 2.40. The van der Waals surface area contributed by atoms with Crippen molar-refractivity contribution in [2.24, 2.45) is 0 Å². The molecule has 0 aliphatic carbocycles. The molecule has 5 nitrogen and oxygen atoms in total. The molecule has 100 valence electrons. The van der Waals surface area contributed by atoms with Crippen LogP contribution in [0.25, 0.3) is 0 Å². The number of nitrogens with zero attached hydrogens (tertiary/aromatic N) is 2. The fraction of sp³-hybridized carbons (Fsp3) is 0.308. The molecular formula is C13H16N4OS. The lowest BCUT2D eigenvalue weighted by molar-refractivity contribution is 0.595. The van der Waals surface area contributed by atoms with E-state index in [9.17, 15) is 4.79 Å². The molecule has 0 bridgehead atoms. The first-order valence-corrected chi connectivity index (χ1v) is 6.93. The van der Waals surface area contributed by atoms with E-state index in [1.807, 2.05) is 18.3 Å². The molecule has 0 aromatic carbocycles. The van der Waals surface area contributed by atoms with Gasteiger partial charge in [0, 0.05) is 24.5 Å². The summed E-state index contributed by atoms with van der Waals surface area (Å²) in [6.07, 6.45) is 3.33. The summed E-state index contributed by atoms with van der Waals surface area (Å²) in [4.78, 5) is 22.3. The van der Waals surface area contributed by atoms with Crippen molar-refractivity contribution < 1.29 is 0 Å². The molecule has 0 fully saturated rings. The van der Waals surface area contributed by atoms with Crippen molar-refractivity contribution >= 4 is 11.8 Å². The molecule has 6 heteroatoms. The van der Waals surface area contributed by atoms with Crippen LogP contribution in [-0.2, 0) is 0 Å². The van der Waals surface area contributed by atoms with Crippen molar-refractivity contribution in [1.29, 1.82) is 0 Å². The summed E-state index contributed by atoms with van der Waals surface area (Å²) in [7, 11) is 0. The molecule has 2 N–H and O–H groups in total. The topological polar surface area (TPSA) is 70.7 Å². The Morgan fingerprint density at radius 3 is 2.84 bits per heavy atom. The van der Waals surface area contributed by atoms with Gasteiger partial charge in [0.15, 0.2) is 5.16 Å². The molecule has 2 aromatic rings. The third-order valence-electron chi connectivity index (χ3n) is 2.62. The smallest absolute Gasteiger partial charge is 0.251 e. The van der Waals surface area contributed by atoms with E-state index >= 15 is 0 Å². The number of hydrogen-bond donors (Lipinski definition) is 2. The van der Waals surface area contributed by atoms with Crippen LogP contribution in [0.15, 0.2) is 45.6 Å². The van der Waals surface area contributed by atoms with E-state index in [0.29, 0.717) is 5.16 Å². The standard InChI is InChI=1S/C13H16N4OS/c1-3-14-9(2)10-4-5-12(16-8-10)19-13-15-7-6-11(18)17-13/h4-9,14H,3H2,1-2H3,(H,15,17,18). The summed E-state index contributed by atoms with van der Waals surface area (Å²) in [6, 6.07) is 5.63. The lowest BCUT2D eigenvalue weighted by Gasteiger charge is -2.12. The maximum absolute atomic E-state index is 11.2. The first-order chi connectivity index (χ1) is 9.19. The molecule has 0 aliphatic heterocycles. The van der Waals surface area contributed by atoms with Gasteiger partial charge in [0.05, 0.1) is 0 Å². The molecule has 0 aliphatic rings. The van der Waals surface area contributed by atoms with Crippen molar-refractivity contribution in [3.63, 3.8) is 0 Å². The minimum Gasteiger partial charge on any atom is -0.310 e. The van der Waals surface area contributed by atoms with E-state index in [1.54, 1.807) is 0 Å². The summed E-state index contributed by atoms with van der Waals surface area (Å²) in [6.45, 7) is 5.10. The summed E-state index contributed by atoms with van der Waals surface area (Å²) in [5.74, 6) is 0. The van der Waals surface area contributed by atoms with Crippen LogP contribution in [-0.4, -0.2) is 21.5 Å². The first kappa shape index (κ1) is 13.8. The Morgan fingerprint density at radius 2 is 2.21 bits per heavy atom. The molecule has 0 spiro atoms. The number of rotatable bonds is 5. The van der Waals surface area contributed by atoms with Crippen LogP contribution in [0.2, 0.25) is 0 Å². The van der Waals surface area contributed by atoms with E-state index in [4.69, 9.17) is 0 Å². The van der Waals surface area contributed by atoms with Crippen molar-refractivity contribution in [3.05, 3.63) is 46.5 Å². The highest BCUT2D eigenvalue weighted by Gasteiger charge is 2.05. The Labute approximate surface area is 115 Å². The highest BCUT2D eigenvalue weighted by molar-refractivity contribution is 7.99. The van der Waals surface area contributed by atoms with Gasteiger partial charge in [-0.2, -0.15) is 0 Å². The van der Waals surface area contributed by atoms with Gasteiger partial charge in [0.1, 0.15) is 5.03 Å². The molecule has 2 rings (SSSR count). The molecular weight excluding hydrogens is 260 g/mol. The molecule has 19 heavy (non-hydrogen) atoms. The Balaban J connectivity index is 2.08. The summed E-state index contributed by atoms with van der Waals surface area (Å²) < 4.78 is 0. The minimum absolute atomic E-state index is 0.158. The van der Waals surface area contributed by atoms with Gasteiger partial charge in [-0.3, -0.25) is 4.79 Å². The molecule has 1 atom stereocenters. The summed E-state index contributed by atoms with van der Waals surface area (Å²) >= 11 is 1.34. The van der Waals surface area contributed by atoms with Gasteiger partial charge >= 0.3 is 0 Å². The second-order valence-electron chi connectivity index (χ2n) is 4.05. The zero-order chi connectivity index (χ0) is 13.7. The lowest BCUT2D eigenvalue weighted by Crippen LogP contribution is -2.17. The second-order valence-corrected chi connectivity index (χ2v) is 5.06. The van der Waals surface area contributed by atoms with Crippen molar-refractivity contribution in [2.75, 3.05) is 6.54 Å². The highest BCUT2D eigenvalue weighted by Crippen LogP contribution is 2.22. The molecule has 0 amide bonds. The van der Waals surface area contributed by atoms with Crippen molar-refractivity contribution in [1.82, 2.24) is 20.3 Å². The fourth-order valence-corrected chi connectivity index (χ4v) is 2.34. The first-order valence-electron chi connectivity index (χ1n) is 6.11. The number of hydrogen-bond acceptors (Lipinski definition) is 5. The Kier molecular flexibility index (Phi) is 4.70.